The van der Waals surface area contributed by atoms with Crippen LogP contribution in [0.3, 0.4) is 0 Å². The number of esters is 1. The normalized spacial score (nSPS) is 20.6. The van der Waals surface area contributed by atoms with Gasteiger partial charge in [-0.25, -0.2) is 0 Å². The maximum Gasteiger partial charge on any atom is 0.325 e. The van der Waals surface area contributed by atoms with Crippen LogP contribution in [-0.4, -0.2) is 29.2 Å². The Morgan fingerprint density at radius 3 is 2.11 bits per heavy atom. The highest BCUT2D eigenvalue weighted by Gasteiger charge is 2.53. The third kappa shape index (κ3) is 3.47. The van der Waals surface area contributed by atoms with E-state index < -0.39 is 23.0 Å². The molecule has 1 atom stereocenters. The second kappa shape index (κ2) is 5.90. The molecule has 0 aliphatic heterocycles. The van der Waals surface area contributed by atoms with Crippen LogP contribution in [0.2, 0.25) is 0 Å². The molecule has 0 radical (unpaired) electrons. The highest BCUT2D eigenvalue weighted by Crippen LogP contribution is 2.40. The Labute approximate surface area is 114 Å². The summed E-state index contributed by atoms with van der Waals surface area (Å²) in [4.78, 5) is 24.1. The van der Waals surface area contributed by atoms with Crippen LogP contribution in [0.15, 0.2) is 0 Å². The van der Waals surface area contributed by atoms with Crippen LogP contribution in [0.1, 0.15) is 52.9 Å². The van der Waals surface area contributed by atoms with Gasteiger partial charge in [0.05, 0.1) is 0 Å². The highest BCUT2D eigenvalue weighted by molar-refractivity contribution is 6.00. The lowest BCUT2D eigenvalue weighted by Crippen LogP contribution is -2.53. The fourth-order valence-electron chi connectivity index (χ4n) is 2.73. The minimum atomic E-state index is -1.59. The Morgan fingerprint density at radius 1 is 1.21 bits per heavy atom. The summed E-state index contributed by atoms with van der Waals surface area (Å²) >= 11 is 0. The number of carbonyl (C=O) groups is 2. The van der Waals surface area contributed by atoms with E-state index in [1.807, 2.05) is 0 Å². The van der Waals surface area contributed by atoms with Crippen LogP contribution < -0.4 is 5.73 Å². The Morgan fingerprint density at radius 2 is 1.74 bits per heavy atom. The molecule has 0 amide bonds. The first kappa shape index (κ1) is 16.0. The van der Waals surface area contributed by atoms with Crippen molar-refractivity contribution in [1.29, 1.82) is 0 Å². The molecule has 1 aliphatic carbocycles. The maximum absolute atomic E-state index is 12.4. The SMILES string of the molecule is CC(C)(C)OC(=O)[C@@](CN)(C(=O)O)C1CCCCC1. The fourth-order valence-corrected chi connectivity index (χ4v) is 2.73. The van der Waals surface area contributed by atoms with Gasteiger partial charge in [-0.3, -0.25) is 9.59 Å². The third-order valence-corrected chi connectivity index (χ3v) is 3.77. The van der Waals surface area contributed by atoms with Gasteiger partial charge in [0.2, 0.25) is 0 Å². The molecule has 0 aromatic heterocycles. The molecule has 0 bridgehead atoms. The molecule has 0 aromatic rings. The average Bonchev–Trinajstić information content (AvgIpc) is 2.29. The van der Waals surface area contributed by atoms with Gasteiger partial charge in [0.25, 0.3) is 0 Å². The van der Waals surface area contributed by atoms with E-state index in [0.29, 0.717) is 0 Å². The molecule has 5 nitrogen and oxygen atoms in total. The van der Waals surface area contributed by atoms with Crippen molar-refractivity contribution in [1.82, 2.24) is 0 Å². The first-order valence-corrected chi connectivity index (χ1v) is 6.91. The topological polar surface area (TPSA) is 89.6 Å². The number of carbonyl (C=O) groups excluding carboxylic acids is 1. The number of ether oxygens (including phenoxy) is 1. The largest absolute Gasteiger partial charge is 0.480 e. The van der Waals surface area contributed by atoms with Crippen molar-refractivity contribution in [2.75, 3.05) is 6.54 Å². The van der Waals surface area contributed by atoms with Crippen molar-refractivity contribution >= 4 is 11.9 Å². The van der Waals surface area contributed by atoms with Crippen molar-refractivity contribution in [2.24, 2.45) is 17.1 Å². The number of carboxylic acid groups (broad SMARTS) is 1. The second-order valence-corrected chi connectivity index (χ2v) is 6.32. The monoisotopic (exact) mass is 271 g/mol. The Kier molecular flexibility index (Phi) is 4.96. The molecule has 1 saturated carbocycles. The van der Waals surface area contributed by atoms with Crippen molar-refractivity contribution in [3.8, 4) is 0 Å². The van der Waals surface area contributed by atoms with E-state index in [9.17, 15) is 14.7 Å². The van der Waals surface area contributed by atoms with E-state index in [1.165, 1.54) is 0 Å². The molecule has 0 spiro atoms. The molecule has 0 heterocycles. The first-order chi connectivity index (χ1) is 8.74. The van der Waals surface area contributed by atoms with E-state index in [0.717, 1.165) is 32.1 Å². The van der Waals surface area contributed by atoms with Gasteiger partial charge >= 0.3 is 11.9 Å². The number of aliphatic carboxylic acids is 1. The lowest BCUT2D eigenvalue weighted by molar-refractivity contribution is -0.181. The lowest BCUT2D eigenvalue weighted by Gasteiger charge is -2.38. The molecule has 19 heavy (non-hydrogen) atoms. The molecule has 0 aromatic carbocycles. The van der Waals surface area contributed by atoms with E-state index in [-0.39, 0.29) is 12.5 Å². The minimum Gasteiger partial charge on any atom is -0.480 e. The van der Waals surface area contributed by atoms with Crippen molar-refractivity contribution < 1.29 is 19.4 Å². The first-order valence-electron chi connectivity index (χ1n) is 6.91. The van der Waals surface area contributed by atoms with Crippen LogP contribution >= 0.6 is 0 Å². The number of nitrogens with two attached hydrogens (primary N) is 1. The molecule has 3 N–H and O–H groups in total. The number of hydrogen-bond acceptors (Lipinski definition) is 4. The number of carboxylic acids is 1. The molecule has 1 aliphatic rings. The van der Waals surface area contributed by atoms with Gasteiger partial charge in [0, 0.05) is 6.54 Å². The van der Waals surface area contributed by atoms with Crippen LogP contribution in [0.5, 0.6) is 0 Å². The van der Waals surface area contributed by atoms with Gasteiger partial charge < -0.3 is 15.6 Å². The highest BCUT2D eigenvalue weighted by atomic mass is 16.6. The zero-order valence-electron chi connectivity index (χ0n) is 12.1. The zero-order valence-corrected chi connectivity index (χ0v) is 12.1. The van der Waals surface area contributed by atoms with Crippen LogP contribution in [0, 0.1) is 11.3 Å². The van der Waals surface area contributed by atoms with Crippen molar-refractivity contribution in [3.05, 3.63) is 0 Å². The number of hydrogen-bond donors (Lipinski definition) is 2. The maximum atomic E-state index is 12.4. The van der Waals surface area contributed by atoms with Crippen LogP contribution in [0.25, 0.3) is 0 Å². The molecule has 110 valence electrons. The summed E-state index contributed by atoms with van der Waals surface area (Å²) in [6, 6.07) is 0. The van der Waals surface area contributed by atoms with Gasteiger partial charge in [-0.15, -0.1) is 0 Å². The standard InChI is InChI=1S/C14H25NO4/c1-13(2,3)19-12(18)14(9-15,11(16)17)10-7-5-4-6-8-10/h10H,4-9,15H2,1-3H3,(H,16,17)/t14-/m1/s1. The van der Waals surface area contributed by atoms with Gasteiger partial charge in [0.1, 0.15) is 5.60 Å². The summed E-state index contributed by atoms with van der Waals surface area (Å²) in [5.74, 6) is -2.07. The molecule has 0 unspecified atom stereocenters. The molecular formula is C14H25NO4. The third-order valence-electron chi connectivity index (χ3n) is 3.77. The van der Waals surface area contributed by atoms with Crippen molar-refractivity contribution in [3.63, 3.8) is 0 Å². The van der Waals surface area contributed by atoms with E-state index in [2.05, 4.69) is 0 Å². The summed E-state index contributed by atoms with van der Waals surface area (Å²) in [5, 5.41) is 9.56. The predicted molar refractivity (Wildman–Crippen MR) is 71.5 cm³/mol. The molecule has 1 fully saturated rings. The molecular weight excluding hydrogens is 246 g/mol. The van der Waals surface area contributed by atoms with Gasteiger partial charge in [0.15, 0.2) is 5.41 Å². The summed E-state index contributed by atoms with van der Waals surface area (Å²) < 4.78 is 5.31. The second-order valence-electron chi connectivity index (χ2n) is 6.32. The zero-order chi connectivity index (χ0) is 14.7. The molecule has 5 heteroatoms. The lowest BCUT2D eigenvalue weighted by atomic mass is 9.68. The Hall–Kier alpha value is -1.10. The Balaban J connectivity index is 3.04. The van der Waals surface area contributed by atoms with E-state index in [1.54, 1.807) is 20.8 Å². The minimum absolute atomic E-state index is 0.206. The summed E-state index contributed by atoms with van der Waals surface area (Å²) in [7, 11) is 0. The van der Waals surface area contributed by atoms with Crippen LogP contribution in [-0.2, 0) is 14.3 Å². The smallest absolute Gasteiger partial charge is 0.325 e. The van der Waals surface area contributed by atoms with Crippen LogP contribution in [0.4, 0.5) is 0 Å². The predicted octanol–water partition coefficient (Wildman–Crippen LogP) is 1.94. The quantitative estimate of drug-likeness (QED) is 0.602. The number of rotatable bonds is 4. The molecule has 0 saturated heterocycles. The van der Waals surface area contributed by atoms with Crippen molar-refractivity contribution in [2.45, 2.75) is 58.5 Å². The fraction of sp³-hybridized carbons (Fsp3) is 0.857. The average molecular weight is 271 g/mol. The van der Waals surface area contributed by atoms with Gasteiger partial charge in [-0.2, -0.15) is 0 Å². The summed E-state index contributed by atoms with van der Waals surface area (Å²) in [6.45, 7) is 4.99. The Bertz CT molecular complexity index is 342. The van der Waals surface area contributed by atoms with E-state index in [4.69, 9.17) is 10.5 Å². The van der Waals surface area contributed by atoms with E-state index >= 15 is 0 Å². The molecule has 1 rings (SSSR count). The van der Waals surface area contributed by atoms with Gasteiger partial charge in [-0.05, 0) is 39.5 Å². The van der Waals surface area contributed by atoms with Gasteiger partial charge in [-0.1, -0.05) is 19.3 Å². The summed E-state index contributed by atoms with van der Waals surface area (Å²) in [6.07, 6.45) is 4.43. The summed E-state index contributed by atoms with van der Waals surface area (Å²) in [5.41, 5.74) is 3.38.